The number of rotatable bonds is 1. The van der Waals surface area contributed by atoms with Crippen molar-refractivity contribution in [2.45, 2.75) is 6.92 Å². The molecule has 15 heavy (non-hydrogen) atoms. The van der Waals surface area contributed by atoms with Gasteiger partial charge in [0.15, 0.2) is 0 Å². The smallest absolute Gasteiger partial charge is 0.450 e. The molecule has 0 rings (SSSR count). The standard InChI is InChI=1S/C3H7NO2.2CH2O3.H4Si/c1-2-6-3(4)5;2*2-1(3)4;/h2H2,1H3,(H2,4,5);2*(H2,2,3,4);1H4. The van der Waals surface area contributed by atoms with Crippen LogP contribution in [0.25, 0.3) is 0 Å². The van der Waals surface area contributed by atoms with Gasteiger partial charge in [-0.05, 0) is 17.9 Å². The Kier molecular flexibility index (Phi) is 27.7. The topological polar surface area (TPSA) is 167 Å². The Balaban J connectivity index is -0.0000000606. The van der Waals surface area contributed by atoms with E-state index in [-0.39, 0.29) is 11.0 Å². The molecule has 92 valence electrons. The molecule has 6 N–H and O–H groups in total. The first-order valence-corrected chi connectivity index (χ1v) is 3.00. The number of ether oxygens (including phenoxy) is 1. The lowest BCUT2D eigenvalue weighted by molar-refractivity contribution is 0.135. The second-order valence-corrected chi connectivity index (χ2v) is 1.32. The van der Waals surface area contributed by atoms with Crippen LogP contribution in [0.3, 0.4) is 0 Å². The van der Waals surface area contributed by atoms with Crippen molar-refractivity contribution in [2.75, 3.05) is 6.61 Å². The zero-order valence-corrected chi connectivity index (χ0v) is 7.21. The zero-order valence-electron chi connectivity index (χ0n) is 7.21. The first kappa shape index (κ1) is 23.1. The van der Waals surface area contributed by atoms with E-state index in [2.05, 4.69) is 10.5 Å². The molecule has 0 aromatic heterocycles. The largest absolute Gasteiger partial charge is 0.503 e. The van der Waals surface area contributed by atoms with E-state index in [0.717, 1.165) is 0 Å². The van der Waals surface area contributed by atoms with Crippen molar-refractivity contribution < 1.29 is 39.5 Å². The lowest BCUT2D eigenvalue weighted by Crippen LogP contribution is -2.11. The first-order chi connectivity index (χ1) is 6.23. The maximum absolute atomic E-state index is 9.60. The molecule has 0 atom stereocenters. The van der Waals surface area contributed by atoms with Crippen LogP contribution in [0.2, 0.25) is 0 Å². The van der Waals surface area contributed by atoms with Gasteiger partial charge in [-0.25, -0.2) is 14.4 Å². The summed E-state index contributed by atoms with van der Waals surface area (Å²) in [6.07, 6.45) is -4.38. The number of hydrogen-bond donors (Lipinski definition) is 5. The predicted molar refractivity (Wildman–Crippen MR) is 53.9 cm³/mol. The lowest BCUT2D eigenvalue weighted by Gasteiger charge is -1.89. The summed E-state index contributed by atoms with van der Waals surface area (Å²) in [7, 11) is 0. The third kappa shape index (κ3) is 1150. The molecule has 1 amide bonds. The lowest BCUT2D eigenvalue weighted by atomic mass is 10.9. The molecular weight excluding hydrogens is 230 g/mol. The van der Waals surface area contributed by atoms with E-state index in [9.17, 15) is 4.79 Å². The van der Waals surface area contributed by atoms with Crippen LogP contribution in [0.1, 0.15) is 6.92 Å². The van der Waals surface area contributed by atoms with Crippen molar-refractivity contribution in [3.05, 3.63) is 0 Å². The molecule has 0 heterocycles. The Morgan fingerprint density at radius 3 is 1.27 bits per heavy atom. The fourth-order valence-corrected chi connectivity index (χ4v) is 0.142. The second kappa shape index (κ2) is 17.9. The van der Waals surface area contributed by atoms with Crippen LogP contribution in [0.5, 0.6) is 0 Å². The molecule has 0 aliphatic heterocycles. The van der Waals surface area contributed by atoms with Crippen LogP contribution in [0, 0.1) is 0 Å². The summed E-state index contributed by atoms with van der Waals surface area (Å²) in [4.78, 5) is 26.7. The highest BCUT2D eigenvalue weighted by Gasteiger charge is 1.82. The maximum atomic E-state index is 9.60. The van der Waals surface area contributed by atoms with Gasteiger partial charge in [-0.1, -0.05) is 0 Å². The number of nitrogens with two attached hydrogens (primary N) is 1. The number of primary amides is 1. The van der Waals surface area contributed by atoms with Gasteiger partial charge in [-0.2, -0.15) is 0 Å². The second-order valence-electron chi connectivity index (χ2n) is 1.32. The van der Waals surface area contributed by atoms with Gasteiger partial charge in [0.25, 0.3) is 0 Å². The van der Waals surface area contributed by atoms with Crippen molar-refractivity contribution in [3.63, 3.8) is 0 Å². The summed E-state index contributed by atoms with van der Waals surface area (Å²) >= 11 is 0. The van der Waals surface area contributed by atoms with E-state index in [0.29, 0.717) is 6.61 Å². The molecule has 0 fully saturated rings. The average Bonchev–Trinajstić information content (AvgIpc) is 1.82. The normalized spacial score (nSPS) is 6.20. The van der Waals surface area contributed by atoms with Crippen molar-refractivity contribution in [1.82, 2.24) is 0 Å². The maximum Gasteiger partial charge on any atom is 0.503 e. The SMILES string of the molecule is CCOC(N)=O.O=C(O)O.O=C(O)O.[SiH4]. The fraction of sp³-hybridized carbons (Fsp3) is 0.400. The van der Waals surface area contributed by atoms with Crippen LogP contribution in [-0.2, 0) is 4.74 Å². The van der Waals surface area contributed by atoms with Crippen LogP contribution in [-0.4, -0.2) is 56.4 Å². The van der Waals surface area contributed by atoms with Gasteiger partial charge in [0, 0.05) is 0 Å². The highest BCUT2D eigenvalue weighted by Crippen LogP contribution is 1.66. The van der Waals surface area contributed by atoms with E-state index in [1.165, 1.54) is 0 Å². The van der Waals surface area contributed by atoms with E-state index < -0.39 is 18.4 Å². The summed E-state index contributed by atoms with van der Waals surface area (Å²) in [5.74, 6) is 0. The summed E-state index contributed by atoms with van der Waals surface area (Å²) in [6, 6.07) is 0. The number of carbonyl (C=O) groups is 3. The van der Waals surface area contributed by atoms with Crippen LogP contribution in [0.15, 0.2) is 0 Å². The summed E-state index contributed by atoms with van der Waals surface area (Å²) in [5, 5.41) is 27.9. The first-order valence-electron chi connectivity index (χ1n) is 3.00. The number of amides is 1. The predicted octanol–water partition coefficient (Wildman–Crippen LogP) is -0.905. The minimum atomic E-state index is -1.83. The summed E-state index contributed by atoms with van der Waals surface area (Å²) < 4.78 is 4.18. The van der Waals surface area contributed by atoms with Crippen LogP contribution in [0.4, 0.5) is 14.4 Å². The van der Waals surface area contributed by atoms with Gasteiger partial charge in [-0.15, -0.1) is 0 Å². The molecule has 0 spiro atoms. The van der Waals surface area contributed by atoms with Gasteiger partial charge in [-0.3, -0.25) is 0 Å². The molecule has 0 bridgehead atoms. The monoisotopic (exact) mass is 245 g/mol. The molecule has 9 nitrogen and oxygen atoms in total. The Morgan fingerprint density at radius 2 is 1.27 bits per heavy atom. The minimum Gasteiger partial charge on any atom is -0.450 e. The van der Waals surface area contributed by atoms with Crippen molar-refractivity contribution in [3.8, 4) is 0 Å². The van der Waals surface area contributed by atoms with Gasteiger partial charge < -0.3 is 30.9 Å². The molecular formula is C5H15NO8Si. The molecule has 0 aromatic rings. The highest BCUT2D eigenvalue weighted by molar-refractivity contribution is 5.75. The van der Waals surface area contributed by atoms with E-state index in [4.69, 9.17) is 30.0 Å². The van der Waals surface area contributed by atoms with Gasteiger partial charge in [0.1, 0.15) is 0 Å². The Hall–Kier alpha value is -1.97. The average molecular weight is 245 g/mol. The van der Waals surface area contributed by atoms with Crippen LogP contribution >= 0.6 is 0 Å². The molecule has 0 aliphatic carbocycles. The minimum absolute atomic E-state index is 0. The molecule has 0 saturated heterocycles. The summed E-state index contributed by atoms with van der Waals surface area (Å²) in [5.41, 5.74) is 4.54. The van der Waals surface area contributed by atoms with Gasteiger partial charge in [0.05, 0.1) is 6.61 Å². The Labute approximate surface area is 89.1 Å². The van der Waals surface area contributed by atoms with E-state index in [1.807, 2.05) is 0 Å². The number of hydrogen-bond acceptors (Lipinski definition) is 4. The quantitative estimate of drug-likeness (QED) is 0.370. The van der Waals surface area contributed by atoms with Crippen molar-refractivity contribution >= 4 is 29.4 Å². The van der Waals surface area contributed by atoms with Gasteiger partial charge >= 0.3 is 18.4 Å². The fourth-order valence-electron chi connectivity index (χ4n) is 0.142. The number of carbonyl (C=O) groups excluding carboxylic acids is 1. The zero-order chi connectivity index (χ0) is 12.1. The van der Waals surface area contributed by atoms with Crippen molar-refractivity contribution in [2.24, 2.45) is 5.73 Å². The number of carboxylic acid groups (broad SMARTS) is 4. The summed E-state index contributed by atoms with van der Waals surface area (Å²) in [6.45, 7) is 2.06. The molecule has 10 heteroatoms. The highest BCUT2D eigenvalue weighted by atomic mass is 28.1. The Morgan fingerprint density at radius 1 is 1.07 bits per heavy atom. The van der Waals surface area contributed by atoms with E-state index in [1.54, 1.807) is 6.92 Å². The molecule has 0 radical (unpaired) electrons. The van der Waals surface area contributed by atoms with E-state index >= 15 is 0 Å². The molecule has 0 unspecified atom stereocenters. The molecule has 0 aliphatic rings. The van der Waals surface area contributed by atoms with Crippen molar-refractivity contribution in [1.29, 1.82) is 0 Å². The molecule has 0 saturated carbocycles. The third-order valence-electron chi connectivity index (χ3n) is 0.287. The molecule has 0 aromatic carbocycles. The third-order valence-corrected chi connectivity index (χ3v) is 0.287. The van der Waals surface area contributed by atoms with Crippen LogP contribution < -0.4 is 5.73 Å². The van der Waals surface area contributed by atoms with Gasteiger partial charge in [0.2, 0.25) is 0 Å². The Bertz CT molecular complexity index is 164.